The number of furan rings is 1. The van der Waals surface area contributed by atoms with Crippen LogP contribution >= 0.6 is 11.3 Å². The second-order valence-corrected chi connectivity index (χ2v) is 7.10. The number of rotatable bonds is 9. The van der Waals surface area contributed by atoms with E-state index in [2.05, 4.69) is 5.32 Å². The first kappa shape index (κ1) is 18.9. The number of nitrogens with one attached hydrogen (secondary N) is 1. The zero-order valence-corrected chi connectivity index (χ0v) is 15.8. The maximum absolute atomic E-state index is 12.7. The highest BCUT2D eigenvalue weighted by Gasteiger charge is 2.16. The molecule has 0 aliphatic rings. The molecule has 1 aromatic carbocycles. The zero-order chi connectivity index (χ0) is 18.9. The Labute approximate surface area is 162 Å². The third kappa shape index (κ3) is 5.82. The summed E-state index contributed by atoms with van der Waals surface area (Å²) in [5, 5.41) is 4.73. The van der Waals surface area contributed by atoms with Crippen molar-refractivity contribution >= 4 is 23.2 Å². The highest BCUT2D eigenvalue weighted by atomic mass is 32.1. The van der Waals surface area contributed by atoms with Crippen LogP contribution in [0.1, 0.15) is 33.8 Å². The SMILES string of the molecule is O=C(NCCCC(=O)N(Cc1ccccc1)Cc1ccco1)c1cccs1. The van der Waals surface area contributed by atoms with Gasteiger partial charge in [0.1, 0.15) is 5.76 Å². The fourth-order valence-electron chi connectivity index (χ4n) is 2.72. The first-order chi connectivity index (χ1) is 13.2. The van der Waals surface area contributed by atoms with Crippen molar-refractivity contribution in [3.63, 3.8) is 0 Å². The molecule has 27 heavy (non-hydrogen) atoms. The summed E-state index contributed by atoms with van der Waals surface area (Å²) in [6.45, 7) is 1.44. The number of carbonyl (C=O) groups excluding carboxylic acids is 2. The lowest BCUT2D eigenvalue weighted by molar-refractivity contribution is -0.132. The predicted octanol–water partition coefficient (Wildman–Crippen LogP) is 4.08. The summed E-state index contributed by atoms with van der Waals surface area (Å²) < 4.78 is 5.40. The average molecular weight is 382 g/mol. The van der Waals surface area contributed by atoms with E-state index in [4.69, 9.17) is 4.42 Å². The van der Waals surface area contributed by atoms with Crippen molar-refractivity contribution in [2.45, 2.75) is 25.9 Å². The maximum atomic E-state index is 12.7. The Kier molecular flexibility index (Phi) is 6.82. The smallest absolute Gasteiger partial charge is 0.261 e. The Morgan fingerprint density at radius 2 is 1.85 bits per heavy atom. The van der Waals surface area contributed by atoms with Crippen molar-refractivity contribution in [3.8, 4) is 0 Å². The van der Waals surface area contributed by atoms with Crippen molar-refractivity contribution in [2.24, 2.45) is 0 Å². The highest BCUT2D eigenvalue weighted by molar-refractivity contribution is 7.12. The molecule has 0 bridgehead atoms. The molecule has 0 spiro atoms. The number of amides is 2. The Bertz CT molecular complexity index is 830. The largest absolute Gasteiger partial charge is 0.467 e. The molecule has 0 saturated carbocycles. The Hall–Kier alpha value is -2.86. The van der Waals surface area contributed by atoms with Crippen molar-refractivity contribution in [1.29, 1.82) is 0 Å². The van der Waals surface area contributed by atoms with Gasteiger partial charge in [-0.1, -0.05) is 36.4 Å². The molecule has 0 fully saturated rings. The quantitative estimate of drug-likeness (QED) is 0.567. The minimum atomic E-state index is -0.0887. The van der Waals surface area contributed by atoms with Crippen LogP contribution in [0.15, 0.2) is 70.7 Å². The van der Waals surface area contributed by atoms with Gasteiger partial charge in [-0.25, -0.2) is 0 Å². The topological polar surface area (TPSA) is 62.6 Å². The summed E-state index contributed by atoms with van der Waals surface area (Å²) in [5.74, 6) is 0.708. The van der Waals surface area contributed by atoms with E-state index in [-0.39, 0.29) is 11.8 Å². The molecular weight excluding hydrogens is 360 g/mol. The van der Waals surface area contributed by atoms with Gasteiger partial charge in [-0.2, -0.15) is 0 Å². The second-order valence-electron chi connectivity index (χ2n) is 6.15. The van der Waals surface area contributed by atoms with Crippen LogP contribution in [0.5, 0.6) is 0 Å². The summed E-state index contributed by atoms with van der Waals surface area (Å²) in [7, 11) is 0. The molecule has 3 rings (SSSR count). The van der Waals surface area contributed by atoms with E-state index in [1.807, 2.05) is 53.9 Å². The molecule has 0 atom stereocenters. The lowest BCUT2D eigenvalue weighted by Crippen LogP contribution is -2.31. The van der Waals surface area contributed by atoms with Crippen molar-refractivity contribution in [2.75, 3.05) is 6.54 Å². The van der Waals surface area contributed by atoms with Gasteiger partial charge in [0.05, 0.1) is 17.7 Å². The lowest BCUT2D eigenvalue weighted by Gasteiger charge is -2.22. The molecular formula is C21H22N2O3S. The van der Waals surface area contributed by atoms with Crippen LogP contribution in [-0.4, -0.2) is 23.3 Å². The molecule has 0 aliphatic heterocycles. The molecule has 1 N–H and O–H groups in total. The molecule has 0 unspecified atom stereocenters. The first-order valence-electron chi connectivity index (χ1n) is 8.88. The summed E-state index contributed by atoms with van der Waals surface area (Å²) in [5.41, 5.74) is 1.07. The monoisotopic (exact) mass is 382 g/mol. The van der Waals surface area contributed by atoms with E-state index < -0.39 is 0 Å². The van der Waals surface area contributed by atoms with Gasteiger partial charge in [0, 0.05) is 19.5 Å². The number of carbonyl (C=O) groups is 2. The van der Waals surface area contributed by atoms with Crippen LogP contribution in [-0.2, 0) is 17.9 Å². The zero-order valence-electron chi connectivity index (χ0n) is 15.0. The van der Waals surface area contributed by atoms with Gasteiger partial charge in [-0.3, -0.25) is 9.59 Å². The molecule has 0 radical (unpaired) electrons. The number of thiophene rings is 1. The van der Waals surface area contributed by atoms with Crippen LogP contribution in [0.25, 0.3) is 0 Å². The van der Waals surface area contributed by atoms with Crippen molar-refractivity contribution in [1.82, 2.24) is 10.2 Å². The van der Waals surface area contributed by atoms with Gasteiger partial charge in [0.25, 0.3) is 5.91 Å². The molecule has 2 heterocycles. The third-order valence-corrected chi connectivity index (χ3v) is 4.96. The summed E-state index contributed by atoms with van der Waals surface area (Å²) in [6, 6.07) is 17.2. The molecule has 0 aliphatic carbocycles. The maximum Gasteiger partial charge on any atom is 0.261 e. The fraction of sp³-hybridized carbons (Fsp3) is 0.238. The van der Waals surface area contributed by atoms with Crippen molar-refractivity contribution in [3.05, 3.63) is 82.4 Å². The van der Waals surface area contributed by atoms with E-state index in [1.165, 1.54) is 11.3 Å². The standard InChI is InChI=1S/C21H22N2O3S/c24-20(11-4-12-22-21(25)19-10-6-14-27-19)23(16-18-9-5-13-26-18)15-17-7-2-1-3-8-17/h1-3,5-10,13-14H,4,11-12,15-16H2,(H,22,25). The predicted molar refractivity (Wildman–Crippen MR) is 105 cm³/mol. The van der Waals surface area contributed by atoms with E-state index in [0.717, 1.165) is 11.3 Å². The number of hydrogen-bond acceptors (Lipinski definition) is 4. The molecule has 5 nitrogen and oxygen atoms in total. The molecule has 3 aromatic rings. The molecule has 0 saturated heterocycles. The first-order valence-corrected chi connectivity index (χ1v) is 9.76. The molecule has 2 amide bonds. The minimum Gasteiger partial charge on any atom is -0.467 e. The van der Waals surface area contributed by atoms with E-state index in [0.29, 0.717) is 37.4 Å². The fourth-order valence-corrected chi connectivity index (χ4v) is 3.36. The minimum absolute atomic E-state index is 0.0422. The highest BCUT2D eigenvalue weighted by Crippen LogP contribution is 2.13. The van der Waals surface area contributed by atoms with Crippen molar-refractivity contribution < 1.29 is 14.0 Å². The van der Waals surface area contributed by atoms with Crippen LogP contribution in [0.4, 0.5) is 0 Å². The summed E-state index contributed by atoms with van der Waals surface area (Å²) in [4.78, 5) is 27.1. The van der Waals surface area contributed by atoms with Gasteiger partial charge in [0.15, 0.2) is 0 Å². The Morgan fingerprint density at radius 1 is 1.00 bits per heavy atom. The van der Waals surface area contributed by atoms with E-state index in [1.54, 1.807) is 17.2 Å². The number of nitrogens with zero attached hydrogens (tertiary/aromatic N) is 1. The molecule has 2 aromatic heterocycles. The molecule has 6 heteroatoms. The van der Waals surface area contributed by atoms with Gasteiger partial charge >= 0.3 is 0 Å². The third-order valence-electron chi connectivity index (χ3n) is 4.09. The van der Waals surface area contributed by atoms with Gasteiger partial charge in [-0.15, -0.1) is 11.3 Å². The van der Waals surface area contributed by atoms with Crippen LogP contribution in [0, 0.1) is 0 Å². The van der Waals surface area contributed by atoms with Gasteiger partial charge in [-0.05, 0) is 35.6 Å². The van der Waals surface area contributed by atoms with Crippen LogP contribution < -0.4 is 5.32 Å². The Balaban J connectivity index is 1.51. The van der Waals surface area contributed by atoms with E-state index >= 15 is 0 Å². The number of benzene rings is 1. The van der Waals surface area contributed by atoms with Gasteiger partial charge < -0.3 is 14.6 Å². The van der Waals surface area contributed by atoms with Gasteiger partial charge in [0.2, 0.25) is 5.91 Å². The number of hydrogen-bond donors (Lipinski definition) is 1. The average Bonchev–Trinajstić information content (AvgIpc) is 3.39. The van der Waals surface area contributed by atoms with Crippen LogP contribution in [0.2, 0.25) is 0 Å². The Morgan fingerprint density at radius 3 is 2.56 bits per heavy atom. The summed E-state index contributed by atoms with van der Waals surface area (Å²) in [6.07, 6.45) is 2.58. The molecule has 140 valence electrons. The lowest BCUT2D eigenvalue weighted by atomic mass is 10.2. The second kappa shape index (κ2) is 9.73. The summed E-state index contributed by atoms with van der Waals surface area (Å²) >= 11 is 1.41. The van der Waals surface area contributed by atoms with Crippen LogP contribution in [0.3, 0.4) is 0 Å². The normalized spacial score (nSPS) is 10.5. The van der Waals surface area contributed by atoms with E-state index in [9.17, 15) is 9.59 Å².